The molecule has 3 aromatic rings. The van der Waals surface area contributed by atoms with Crippen LogP contribution in [0.3, 0.4) is 0 Å². The molecular weight excluding hydrogens is 413 g/mol. The molecule has 8 heteroatoms. The van der Waals surface area contributed by atoms with Crippen LogP contribution >= 0.6 is 34.5 Å². The Morgan fingerprint density at radius 1 is 1.04 bits per heavy atom. The smallest absolute Gasteiger partial charge is 0.160 e. The first-order valence-electron chi connectivity index (χ1n) is 7.59. The lowest BCUT2D eigenvalue weighted by atomic mass is 10.2. The third-order valence-corrected chi connectivity index (χ3v) is 6.82. The molecule has 0 saturated carbocycles. The van der Waals surface area contributed by atoms with E-state index in [9.17, 15) is 8.42 Å². The minimum absolute atomic E-state index is 0.112. The van der Waals surface area contributed by atoms with Crippen LogP contribution in [0.4, 0.5) is 0 Å². The van der Waals surface area contributed by atoms with Crippen molar-refractivity contribution in [3.05, 3.63) is 69.1 Å². The van der Waals surface area contributed by atoms with E-state index in [1.807, 2.05) is 24.3 Å². The maximum absolute atomic E-state index is 12.5. The lowest BCUT2D eigenvalue weighted by Gasteiger charge is -2.04. The van der Waals surface area contributed by atoms with E-state index >= 15 is 0 Å². The number of thiazole rings is 1. The number of methoxy groups -OCH3 is 1. The van der Waals surface area contributed by atoms with E-state index < -0.39 is 9.84 Å². The lowest BCUT2D eigenvalue weighted by Crippen LogP contribution is -2.08. The largest absolute Gasteiger partial charge is 0.497 e. The van der Waals surface area contributed by atoms with Crippen molar-refractivity contribution in [3.8, 4) is 16.3 Å². The minimum atomic E-state index is -3.37. The van der Waals surface area contributed by atoms with E-state index in [4.69, 9.17) is 27.9 Å². The molecule has 0 unspecified atom stereocenters. The number of rotatable bonds is 6. The Kier molecular flexibility index (Phi) is 5.87. The quantitative estimate of drug-likeness (QED) is 0.539. The molecule has 3 rings (SSSR count). The second kappa shape index (κ2) is 7.96. The number of halogens is 2. The zero-order valence-electron chi connectivity index (χ0n) is 13.8. The fraction of sp³-hybridized carbons (Fsp3) is 0.167. The molecule has 1 aromatic heterocycles. The molecule has 0 amide bonds. The van der Waals surface area contributed by atoms with E-state index in [0.29, 0.717) is 21.3 Å². The van der Waals surface area contributed by atoms with Gasteiger partial charge in [-0.05, 0) is 42.0 Å². The number of sulfone groups is 1. The highest BCUT2D eigenvalue weighted by atomic mass is 35.5. The van der Waals surface area contributed by atoms with Gasteiger partial charge in [-0.2, -0.15) is 0 Å². The van der Waals surface area contributed by atoms with Gasteiger partial charge in [0.1, 0.15) is 10.8 Å². The molecular formula is C18H15Cl2NO3S2. The maximum Gasteiger partial charge on any atom is 0.160 e. The summed E-state index contributed by atoms with van der Waals surface area (Å²) in [5.41, 5.74) is 2.05. The summed E-state index contributed by atoms with van der Waals surface area (Å²) < 4.78 is 30.1. The van der Waals surface area contributed by atoms with E-state index in [-0.39, 0.29) is 11.5 Å². The van der Waals surface area contributed by atoms with Crippen molar-refractivity contribution in [1.82, 2.24) is 4.98 Å². The SMILES string of the molecule is COc1ccc(-c2nc(CS(=O)(=O)Cc3ccc(Cl)c(Cl)c3)cs2)cc1. The Morgan fingerprint density at radius 3 is 2.42 bits per heavy atom. The average molecular weight is 428 g/mol. The molecule has 0 aliphatic carbocycles. The zero-order valence-corrected chi connectivity index (χ0v) is 16.9. The summed E-state index contributed by atoms with van der Waals surface area (Å²) in [4.78, 5) is 4.45. The number of nitrogens with zero attached hydrogens (tertiary/aromatic N) is 1. The van der Waals surface area contributed by atoms with Gasteiger partial charge >= 0.3 is 0 Å². The van der Waals surface area contributed by atoms with Crippen LogP contribution in [0.1, 0.15) is 11.3 Å². The van der Waals surface area contributed by atoms with Crippen LogP contribution in [0, 0.1) is 0 Å². The van der Waals surface area contributed by atoms with Gasteiger partial charge in [-0.1, -0.05) is 29.3 Å². The van der Waals surface area contributed by atoms with Crippen molar-refractivity contribution >= 4 is 44.4 Å². The third kappa shape index (κ3) is 4.76. The summed E-state index contributed by atoms with van der Waals surface area (Å²) in [6, 6.07) is 12.3. The lowest BCUT2D eigenvalue weighted by molar-refractivity contribution is 0.415. The van der Waals surface area contributed by atoms with Gasteiger partial charge in [0.15, 0.2) is 9.84 Å². The summed E-state index contributed by atoms with van der Waals surface area (Å²) in [5.74, 6) is 0.522. The minimum Gasteiger partial charge on any atom is -0.497 e. The Hall–Kier alpha value is -1.60. The second-order valence-electron chi connectivity index (χ2n) is 5.65. The monoisotopic (exact) mass is 427 g/mol. The molecule has 136 valence electrons. The molecule has 0 N–H and O–H groups in total. The van der Waals surface area contributed by atoms with Crippen molar-refractivity contribution < 1.29 is 13.2 Å². The standard InChI is InChI=1S/C18H15Cl2NO3S2/c1-24-15-5-3-13(4-6-15)18-21-14(9-25-18)11-26(22,23)10-12-2-7-16(19)17(20)8-12/h2-9H,10-11H2,1H3. The fourth-order valence-corrected chi connectivity index (χ4v) is 5.04. The van der Waals surface area contributed by atoms with Crippen molar-refractivity contribution in [2.75, 3.05) is 7.11 Å². The van der Waals surface area contributed by atoms with Gasteiger partial charge in [-0.25, -0.2) is 13.4 Å². The fourth-order valence-electron chi connectivity index (χ4n) is 2.40. The van der Waals surface area contributed by atoms with Gasteiger partial charge in [0.05, 0.1) is 34.4 Å². The molecule has 0 bridgehead atoms. The Bertz CT molecular complexity index is 1020. The molecule has 0 radical (unpaired) electrons. The number of hydrogen-bond acceptors (Lipinski definition) is 5. The molecule has 0 fully saturated rings. The van der Waals surface area contributed by atoms with Crippen molar-refractivity contribution in [3.63, 3.8) is 0 Å². The van der Waals surface area contributed by atoms with Crippen molar-refractivity contribution in [1.29, 1.82) is 0 Å². The van der Waals surface area contributed by atoms with Crippen LogP contribution in [0.2, 0.25) is 10.0 Å². The predicted molar refractivity (Wildman–Crippen MR) is 107 cm³/mol. The molecule has 0 aliphatic rings. The van der Waals surface area contributed by atoms with Crippen molar-refractivity contribution in [2.24, 2.45) is 0 Å². The first kappa shape index (κ1) is 19.2. The Balaban J connectivity index is 1.73. The molecule has 2 aromatic carbocycles. The predicted octanol–water partition coefficient (Wildman–Crippen LogP) is 5.24. The van der Waals surface area contributed by atoms with E-state index in [1.54, 1.807) is 30.7 Å². The molecule has 0 saturated heterocycles. The molecule has 26 heavy (non-hydrogen) atoms. The maximum atomic E-state index is 12.5. The third-order valence-electron chi connectivity index (χ3n) is 3.63. The van der Waals surface area contributed by atoms with Gasteiger partial charge in [0, 0.05) is 10.9 Å². The normalized spacial score (nSPS) is 11.5. The van der Waals surface area contributed by atoms with Gasteiger partial charge in [0.25, 0.3) is 0 Å². The summed E-state index contributed by atoms with van der Waals surface area (Å²) in [6.07, 6.45) is 0. The molecule has 0 aliphatic heterocycles. The first-order chi connectivity index (χ1) is 12.4. The summed E-state index contributed by atoms with van der Waals surface area (Å²) >= 11 is 13.2. The van der Waals surface area contributed by atoms with E-state index in [1.165, 1.54) is 11.3 Å². The average Bonchev–Trinajstić information content (AvgIpc) is 3.05. The van der Waals surface area contributed by atoms with Crippen LogP contribution in [-0.2, 0) is 21.3 Å². The van der Waals surface area contributed by atoms with Gasteiger partial charge < -0.3 is 4.74 Å². The molecule has 1 heterocycles. The summed E-state index contributed by atoms with van der Waals surface area (Å²) in [5, 5.41) is 3.28. The zero-order chi connectivity index (χ0) is 18.7. The van der Waals surface area contributed by atoms with Crippen LogP contribution in [0.25, 0.3) is 10.6 Å². The van der Waals surface area contributed by atoms with Gasteiger partial charge in [-0.15, -0.1) is 11.3 Å². The summed E-state index contributed by atoms with van der Waals surface area (Å²) in [7, 11) is -1.77. The van der Waals surface area contributed by atoms with E-state index in [0.717, 1.165) is 16.3 Å². The number of ether oxygens (including phenoxy) is 1. The van der Waals surface area contributed by atoms with Crippen molar-refractivity contribution in [2.45, 2.75) is 11.5 Å². The van der Waals surface area contributed by atoms with Gasteiger partial charge in [0.2, 0.25) is 0 Å². The number of hydrogen-bond donors (Lipinski definition) is 0. The second-order valence-corrected chi connectivity index (χ2v) is 9.39. The highest BCUT2D eigenvalue weighted by Crippen LogP contribution is 2.27. The highest BCUT2D eigenvalue weighted by Gasteiger charge is 2.17. The van der Waals surface area contributed by atoms with Crippen LogP contribution in [0.15, 0.2) is 47.8 Å². The van der Waals surface area contributed by atoms with Gasteiger partial charge in [-0.3, -0.25) is 0 Å². The van der Waals surface area contributed by atoms with Crippen LogP contribution in [-0.4, -0.2) is 20.5 Å². The number of aromatic nitrogens is 1. The molecule has 4 nitrogen and oxygen atoms in total. The van der Waals surface area contributed by atoms with Crippen LogP contribution in [0.5, 0.6) is 5.75 Å². The Morgan fingerprint density at radius 2 is 1.77 bits per heavy atom. The molecule has 0 spiro atoms. The first-order valence-corrected chi connectivity index (χ1v) is 11.1. The highest BCUT2D eigenvalue weighted by molar-refractivity contribution is 7.89. The Labute approximate surface area is 166 Å². The number of benzene rings is 2. The molecule has 0 atom stereocenters. The van der Waals surface area contributed by atoms with Crippen LogP contribution < -0.4 is 4.74 Å². The topological polar surface area (TPSA) is 56.3 Å². The summed E-state index contributed by atoms with van der Waals surface area (Å²) in [6.45, 7) is 0. The van der Waals surface area contributed by atoms with E-state index in [2.05, 4.69) is 4.98 Å².